The summed E-state index contributed by atoms with van der Waals surface area (Å²) in [5.41, 5.74) is 1.72. The molecule has 0 unspecified atom stereocenters. The van der Waals surface area contributed by atoms with Crippen LogP contribution in [0.2, 0.25) is 5.02 Å². The van der Waals surface area contributed by atoms with E-state index >= 15 is 0 Å². The van der Waals surface area contributed by atoms with Crippen LogP contribution in [-0.4, -0.2) is 28.7 Å². The predicted octanol–water partition coefficient (Wildman–Crippen LogP) is 4.52. The van der Waals surface area contributed by atoms with E-state index in [1.165, 1.54) is 31.5 Å². The lowest BCUT2D eigenvalue weighted by molar-refractivity contribution is 0.101. The molecule has 0 aliphatic heterocycles. The molecule has 0 aliphatic rings. The molecule has 1 aromatic heterocycles. The van der Waals surface area contributed by atoms with Crippen LogP contribution in [0.25, 0.3) is 0 Å². The molecule has 0 spiro atoms. The molecule has 156 valence electrons. The Morgan fingerprint density at radius 3 is 2.50 bits per heavy atom. The van der Waals surface area contributed by atoms with Crippen molar-refractivity contribution in [2.24, 2.45) is 0 Å². The standard InChI is InChI=1S/C21H20ClFN4O3/c1-4-27-12(2)16(11-24-27)21(29)25-14-6-8-19(30-3)18(10-14)26-20(28)15-7-5-13(22)9-17(15)23/h5-11H,4H2,1-3H3,(H,25,29)(H,26,28). The number of amides is 2. The summed E-state index contributed by atoms with van der Waals surface area (Å²) in [6.45, 7) is 4.40. The molecule has 0 saturated heterocycles. The molecule has 0 bridgehead atoms. The van der Waals surface area contributed by atoms with E-state index in [0.29, 0.717) is 23.5 Å². The van der Waals surface area contributed by atoms with Crippen molar-refractivity contribution in [2.75, 3.05) is 17.7 Å². The maximum Gasteiger partial charge on any atom is 0.259 e. The number of halogens is 2. The molecular formula is C21H20ClFN4O3. The van der Waals surface area contributed by atoms with Gasteiger partial charge in [-0.2, -0.15) is 5.10 Å². The van der Waals surface area contributed by atoms with Crippen LogP contribution in [0.3, 0.4) is 0 Å². The van der Waals surface area contributed by atoms with E-state index in [9.17, 15) is 14.0 Å². The van der Waals surface area contributed by atoms with Crippen molar-refractivity contribution < 1.29 is 18.7 Å². The quantitative estimate of drug-likeness (QED) is 0.602. The second-order valence-electron chi connectivity index (χ2n) is 6.41. The Morgan fingerprint density at radius 1 is 1.13 bits per heavy atom. The Kier molecular flexibility index (Phi) is 6.37. The van der Waals surface area contributed by atoms with E-state index in [2.05, 4.69) is 15.7 Å². The van der Waals surface area contributed by atoms with Crippen LogP contribution in [0.15, 0.2) is 42.6 Å². The van der Waals surface area contributed by atoms with Gasteiger partial charge in [-0.1, -0.05) is 11.6 Å². The summed E-state index contributed by atoms with van der Waals surface area (Å²) in [6, 6.07) is 8.53. The molecule has 2 N–H and O–H groups in total. The van der Waals surface area contributed by atoms with Crippen LogP contribution in [0, 0.1) is 12.7 Å². The molecule has 2 aromatic carbocycles. The number of aryl methyl sites for hydroxylation is 1. The van der Waals surface area contributed by atoms with Gasteiger partial charge in [-0.15, -0.1) is 0 Å². The van der Waals surface area contributed by atoms with Gasteiger partial charge in [-0.3, -0.25) is 14.3 Å². The van der Waals surface area contributed by atoms with Crippen LogP contribution in [0.5, 0.6) is 5.75 Å². The average molecular weight is 431 g/mol. The molecule has 7 nitrogen and oxygen atoms in total. The van der Waals surface area contributed by atoms with Crippen LogP contribution in [-0.2, 0) is 6.54 Å². The summed E-state index contributed by atoms with van der Waals surface area (Å²) in [5.74, 6) is -1.40. The fourth-order valence-corrected chi connectivity index (χ4v) is 3.09. The Labute approximate surface area is 177 Å². The Hall–Kier alpha value is -3.39. The number of benzene rings is 2. The molecule has 30 heavy (non-hydrogen) atoms. The van der Waals surface area contributed by atoms with Gasteiger partial charge < -0.3 is 15.4 Å². The van der Waals surface area contributed by atoms with Gasteiger partial charge in [-0.25, -0.2) is 4.39 Å². The average Bonchev–Trinajstić information content (AvgIpc) is 3.08. The third kappa shape index (κ3) is 4.44. The molecule has 2 amide bonds. The zero-order chi connectivity index (χ0) is 21.8. The number of rotatable bonds is 6. The maximum atomic E-state index is 14.1. The minimum Gasteiger partial charge on any atom is -0.495 e. The summed E-state index contributed by atoms with van der Waals surface area (Å²) in [7, 11) is 1.44. The molecule has 0 radical (unpaired) electrons. The zero-order valence-corrected chi connectivity index (χ0v) is 17.4. The van der Waals surface area contributed by atoms with E-state index in [1.807, 2.05) is 13.8 Å². The van der Waals surface area contributed by atoms with Gasteiger partial charge in [0, 0.05) is 22.9 Å². The fraction of sp³-hybridized carbons (Fsp3) is 0.190. The molecule has 0 fully saturated rings. The van der Waals surface area contributed by atoms with E-state index in [0.717, 1.165) is 11.8 Å². The highest BCUT2D eigenvalue weighted by Gasteiger charge is 2.17. The van der Waals surface area contributed by atoms with Crippen LogP contribution >= 0.6 is 11.6 Å². The molecule has 3 aromatic rings. The first kappa shape index (κ1) is 21.3. The van der Waals surface area contributed by atoms with E-state index in [1.54, 1.807) is 16.8 Å². The second kappa shape index (κ2) is 8.96. The summed E-state index contributed by atoms with van der Waals surface area (Å²) in [5, 5.41) is 9.72. The van der Waals surface area contributed by atoms with E-state index < -0.39 is 11.7 Å². The maximum absolute atomic E-state index is 14.1. The monoisotopic (exact) mass is 430 g/mol. The molecule has 0 atom stereocenters. The van der Waals surface area contributed by atoms with Gasteiger partial charge in [0.1, 0.15) is 11.6 Å². The molecule has 0 aliphatic carbocycles. The molecule has 0 saturated carbocycles. The highest BCUT2D eigenvalue weighted by Crippen LogP contribution is 2.29. The number of carbonyl (C=O) groups excluding carboxylic acids is 2. The largest absolute Gasteiger partial charge is 0.495 e. The molecular weight excluding hydrogens is 411 g/mol. The van der Waals surface area contributed by atoms with Gasteiger partial charge in [0.2, 0.25) is 0 Å². The highest BCUT2D eigenvalue weighted by molar-refractivity contribution is 6.30. The SMILES string of the molecule is CCn1ncc(C(=O)Nc2ccc(OC)c(NC(=O)c3ccc(Cl)cc3F)c2)c1C. The number of nitrogens with zero attached hydrogens (tertiary/aromatic N) is 2. The smallest absolute Gasteiger partial charge is 0.259 e. The van der Waals surface area contributed by atoms with Gasteiger partial charge in [0.05, 0.1) is 30.1 Å². The Bertz CT molecular complexity index is 1110. The number of ether oxygens (including phenoxy) is 1. The van der Waals surface area contributed by atoms with Crippen molar-refractivity contribution in [3.05, 3.63) is 70.3 Å². The first-order valence-electron chi connectivity index (χ1n) is 9.12. The second-order valence-corrected chi connectivity index (χ2v) is 6.84. The Morgan fingerprint density at radius 2 is 1.87 bits per heavy atom. The first-order valence-corrected chi connectivity index (χ1v) is 9.50. The molecule has 1 heterocycles. The number of anilines is 2. The summed E-state index contributed by atoms with van der Waals surface area (Å²) < 4.78 is 21.0. The van der Waals surface area contributed by atoms with Gasteiger partial charge >= 0.3 is 0 Å². The third-order valence-electron chi connectivity index (χ3n) is 4.53. The highest BCUT2D eigenvalue weighted by atomic mass is 35.5. The predicted molar refractivity (Wildman–Crippen MR) is 113 cm³/mol. The number of nitrogens with one attached hydrogen (secondary N) is 2. The lowest BCUT2D eigenvalue weighted by Crippen LogP contribution is -2.16. The van der Waals surface area contributed by atoms with Crippen molar-refractivity contribution in [3.63, 3.8) is 0 Å². The fourth-order valence-electron chi connectivity index (χ4n) is 2.93. The summed E-state index contributed by atoms with van der Waals surface area (Å²) >= 11 is 5.73. The number of hydrogen-bond donors (Lipinski definition) is 2. The normalized spacial score (nSPS) is 10.6. The van der Waals surface area contributed by atoms with E-state index in [4.69, 9.17) is 16.3 Å². The zero-order valence-electron chi connectivity index (χ0n) is 16.6. The van der Waals surface area contributed by atoms with Crippen molar-refractivity contribution in [1.29, 1.82) is 0 Å². The van der Waals surface area contributed by atoms with Crippen molar-refractivity contribution in [1.82, 2.24) is 9.78 Å². The minimum atomic E-state index is -0.744. The summed E-state index contributed by atoms with van der Waals surface area (Å²) in [6.07, 6.45) is 1.50. The minimum absolute atomic E-state index is 0.168. The van der Waals surface area contributed by atoms with E-state index in [-0.39, 0.29) is 22.2 Å². The lowest BCUT2D eigenvalue weighted by Gasteiger charge is -2.13. The number of methoxy groups -OCH3 is 1. The van der Waals surface area contributed by atoms with Crippen molar-refractivity contribution in [2.45, 2.75) is 20.4 Å². The number of aromatic nitrogens is 2. The molecule has 9 heteroatoms. The van der Waals surface area contributed by atoms with Gasteiger partial charge in [-0.05, 0) is 50.2 Å². The Balaban J connectivity index is 1.83. The van der Waals surface area contributed by atoms with Crippen molar-refractivity contribution in [3.8, 4) is 5.75 Å². The lowest BCUT2D eigenvalue weighted by atomic mass is 10.1. The van der Waals surface area contributed by atoms with Crippen LogP contribution in [0.4, 0.5) is 15.8 Å². The summed E-state index contributed by atoms with van der Waals surface area (Å²) in [4.78, 5) is 25.1. The number of carbonyl (C=O) groups is 2. The van der Waals surface area contributed by atoms with Gasteiger partial charge in [0.15, 0.2) is 0 Å². The topological polar surface area (TPSA) is 85.2 Å². The first-order chi connectivity index (χ1) is 14.3. The van der Waals surface area contributed by atoms with Gasteiger partial charge in [0.25, 0.3) is 11.8 Å². The third-order valence-corrected chi connectivity index (χ3v) is 4.76. The number of hydrogen-bond acceptors (Lipinski definition) is 4. The van der Waals surface area contributed by atoms with Crippen LogP contribution in [0.1, 0.15) is 33.3 Å². The molecule has 3 rings (SSSR count). The van der Waals surface area contributed by atoms with Crippen molar-refractivity contribution >= 4 is 34.8 Å². The van der Waals surface area contributed by atoms with Crippen LogP contribution < -0.4 is 15.4 Å².